The first kappa shape index (κ1) is 7.07. The van der Waals surface area contributed by atoms with Crippen LogP contribution in [0.5, 0.6) is 0 Å². The van der Waals surface area contributed by atoms with E-state index >= 15 is 0 Å². The van der Waals surface area contributed by atoms with Gasteiger partial charge in [-0.05, 0) is 25.2 Å². The third kappa shape index (κ3) is 0.798. The Morgan fingerprint density at radius 3 is 2.55 bits per heavy atom. The summed E-state index contributed by atoms with van der Waals surface area (Å²) in [6.07, 6.45) is 4.25. The standard InChI is InChI=1S/C8H13NO2/c1-8(9(10)11)5-6-2-3-7(8)4-6/h6-7H,2-5H2,1H3/t6-,7-,8+/m1/s1. The van der Waals surface area contributed by atoms with Crippen molar-refractivity contribution in [3.05, 3.63) is 10.1 Å². The second-order valence-corrected chi connectivity index (χ2v) is 4.19. The maximum absolute atomic E-state index is 10.7. The molecule has 3 nitrogen and oxygen atoms in total. The number of hydrogen-bond donors (Lipinski definition) is 0. The van der Waals surface area contributed by atoms with Gasteiger partial charge in [0.2, 0.25) is 5.54 Å². The van der Waals surface area contributed by atoms with Crippen LogP contribution in [-0.2, 0) is 0 Å². The molecule has 0 aromatic heterocycles. The minimum absolute atomic E-state index is 0.0587. The maximum atomic E-state index is 10.7. The maximum Gasteiger partial charge on any atom is 0.222 e. The van der Waals surface area contributed by atoms with E-state index in [0.717, 1.165) is 19.3 Å². The van der Waals surface area contributed by atoms with Crippen molar-refractivity contribution in [1.82, 2.24) is 0 Å². The van der Waals surface area contributed by atoms with Gasteiger partial charge in [0.25, 0.3) is 0 Å². The van der Waals surface area contributed by atoms with Gasteiger partial charge < -0.3 is 0 Å². The van der Waals surface area contributed by atoms with Crippen molar-refractivity contribution < 1.29 is 4.92 Å². The lowest BCUT2D eigenvalue weighted by Gasteiger charge is -2.24. The summed E-state index contributed by atoms with van der Waals surface area (Å²) < 4.78 is 0. The predicted octanol–water partition coefficient (Wildman–Crippen LogP) is 1.84. The summed E-state index contributed by atoms with van der Waals surface area (Å²) in [5, 5.41) is 10.7. The molecule has 2 saturated carbocycles. The minimum Gasteiger partial charge on any atom is -0.264 e. The van der Waals surface area contributed by atoms with Gasteiger partial charge in [0.1, 0.15) is 0 Å². The second-order valence-electron chi connectivity index (χ2n) is 4.19. The second kappa shape index (κ2) is 1.96. The molecule has 62 valence electrons. The molecule has 0 amide bonds. The first-order valence-electron chi connectivity index (χ1n) is 4.27. The van der Waals surface area contributed by atoms with E-state index in [1.165, 1.54) is 6.42 Å². The van der Waals surface area contributed by atoms with Crippen molar-refractivity contribution in [3.63, 3.8) is 0 Å². The molecule has 0 unspecified atom stereocenters. The summed E-state index contributed by atoms with van der Waals surface area (Å²) >= 11 is 0. The van der Waals surface area contributed by atoms with E-state index in [1.807, 2.05) is 6.92 Å². The van der Waals surface area contributed by atoms with Crippen LogP contribution >= 0.6 is 0 Å². The van der Waals surface area contributed by atoms with Gasteiger partial charge in [0.15, 0.2) is 0 Å². The molecule has 0 aromatic rings. The lowest BCUT2D eigenvalue weighted by atomic mass is 9.83. The van der Waals surface area contributed by atoms with E-state index in [-0.39, 0.29) is 4.92 Å². The number of nitro groups is 1. The molecule has 0 N–H and O–H groups in total. The van der Waals surface area contributed by atoms with E-state index in [1.54, 1.807) is 0 Å². The fourth-order valence-electron chi connectivity index (χ4n) is 2.80. The number of hydrogen-bond acceptors (Lipinski definition) is 2. The van der Waals surface area contributed by atoms with Crippen LogP contribution in [0.25, 0.3) is 0 Å². The molecule has 0 aromatic carbocycles. The van der Waals surface area contributed by atoms with Crippen molar-refractivity contribution in [2.75, 3.05) is 0 Å². The van der Waals surface area contributed by atoms with Gasteiger partial charge >= 0.3 is 0 Å². The fourth-order valence-corrected chi connectivity index (χ4v) is 2.80. The Kier molecular flexibility index (Phi) is 1.26. The van der Waals surface area contributed by atoms with Crippen molar-refractivity contribution in [3.8, 4) is 0 Å². The number of fused-ring (bicyclic) bond motifs is 2. The Morgan fingerprint density at radius 2 is 2.27 bits per heavy atom. The van der Waals surface area contributed by atoms with E-state index < -0.39 is 5.54 Å². The Bertz CT molecular complexity index is 204. The molecule has 0 radical (unpaired) electrons. The zero-order valence-electron chi connectivity index (χ0n) is 6.75. The molecule has 2 bridgehead atoms. The third-order valence-corrected chi connectivity index (χ3v) is 3.54. The van der Waals surface area contributed by atoms with E-state index in [2.05, 4.69) is 0 Å². The molecule has 2 aliphatic carbocycles. The summed E-state index contributed by atoms with van der Waals surface area (Å²) in [5.74, 6) is 1.04. The summed E-state index contributed by atoms with van der Waals surface area (Å²) in [5.41, 5.74) is -0.567. The SMILES string of the molecule is C[C@]1([N+](=O)[O-])C[C@@H]2CC[C@@H]1C2. The van der Waals surface area contributed by atoms with E-state index in [9.17, 15) is 10.1 Å². The highest BCUT2D eigenvalue weighted by Gasteiger charge is 2.56. The van der Waals surface area contributed by atoms with Gasteiger partial charge in [-0.3, -0.25) is 10.1 Å². The summed E-state index contributed by atoms with van der Waals surface area (Å²) in [7, 11) is 0. The molecule has 0 aliphatic heterocycles. The molecular formula is C8H13NO2. The van der Waals surface area contributed by atoms with Crippen LogP contribution in [0.15, 0.2) is 0 Å². The molecule has 0 spiro atoms. The average molecular weight is 155 g/mol. The van der Waals surface area contributed by atoms with Crippen molar-refractivity contribution >= 4 is 0 Å². The predicted molar refractivity (Wildman–Crippen MR) is 40.8 cm³/mol. The monoisotopic (exact) mass is 155 g/mol. The minimum atomic E-state index is -0.567. The summed E-state index contributed by atoms with van der Waals surface area (Å²) in [4.78, 5) is 10.7. The van der Waals surface area contributed by atoms with Crippen molar-refractivity contribution in [1.29, 1.82) is 0 Å². The highest BCUT2D eigenvalue weighted by atomic mass is 16.6. The average Bonchev–Trinajstić information content (AvgIpc) is 2.45. The van der Waals surface area contributed by atoms with Gasteiger partial charge in [-0.25, -0.2) is 0 Å². The first-order chi connectivity index (χ1) is 5.13. The molecule has 2 rings (SSSR count). The summed E-state index contributed by atoms with van der Waals surface area (Å²) in [6.45, 7) is 1.82. The summed E-state index contributed by atoms with van der Waals surface area (Å²) in [6, 6.07) is 0. The van der Waals surface area contributed by atoms with Crippen molar-refractivity contribution in [2.24, 2.45) is 11.8 Å². The Balaban J connectivity index is 2.23. The lowest BCUT2D eigenvalue weighted by molar-refractivity contribution is -0.574. The van der Waals surface area contributed by atoms with Gasteiger partial charge in [0, 0.05) is 24.2 Å². The highest BCUT2D eigenvalue weighted by molar-refractivity contribution is 4.98. The zero-order valence-corrected chi connectivity index (χ0v) is 6.75. The molecule has 0 heterocycles. The molecule has 0 saturated heterocycles. The van der Waals surface area contributed by atoms with Crippen LogP contribution in [0.1, 0.15) is 32.6 Å². The van der Waals surface area contributed by atoms with Crippen molar-refractivity contribution in [2.45, 2.75) is 38.1 Å². The lowest BCUT2D eigenvalue weighted by Crippen LogP contribution is -2.40. The van der Waals surface area contributed by atoms with Crippen LogP contribution in [-0.4, -0.2) is 10.5 Å². The topological polar surface area (TPSA) is 43.1 Å². The largest absolute Gasteiger partial charge is 0.264 e. The van der Waals surface area contributed by atoms with Gasteiger partial charge in [-0.15, -0.1) is 0 Å². The normalized spacial score (nSPS) is 48.1. The smallest absolute Gasteiger partial charge is 0.222 e. The van der Waals surface area contributed by atoms with Gasteiger partial charge in [-0.2, -0.15) is 0 Å². The molecule has 11 heavy (non-hydrogen) atoms. The molecular weight excluding hydrogens is 142 g/mol. The molecule has 3 atom stereocenters. The molecule has 2 fully saturated rings. The third-order valence-electron chi connectivity index (χ3n) is 3.54. The van der Waals surface area contributed by atoms with Crippen LogP contribution in [0, 0.1) is 22.0 Å². The number of rotatable bonds is 1. The van der Waals surface area contributed by atoms with Crippen LogP contribution in [0.3, 0.4) is 0 Å². The first-order valence-corrected chi connectivity index (χ1v) is 4.27. The van der Waals surface area contributed by atoms with E-state index in [0.29, 0.717) is 11.8 Å². The highest BCUT2D eigenvalue weighted by Crippen LogP contribution is 2.51. The van der Waals surface area contributed by atoms with Crippen LogP contribution < -0.4 is 0 Å². The molecule has 2 aliphatic rings. The number of nitrogens with zero attached hydrogens (tertiary/aromatic N) is 1. The van der Waals surface area contributed by atoms with Gasteiger partial charge in [-0.1, -0.05) is 0 Å². The Hall–Kier alpha value is -0.600. The Labute approximate surface area is 65.9 Å². The Morgan fingerprint density at radius 1 is 1.55 bits per heavy atom. The quantitative estimate of drug-likeness (QED) is 0.428. The molecule has 3 heteroatoms. The van der Waals surface area contributed by atoms with Crippen LogP contribution in [0.4, 0.5) is 0 Å². The van der Waals surface area contributed by atoms with Crippen LogP contribution in [0.2, 0.25) is 0 Å². The fraction of sp³-hybridized carbons (Fsp3) is 1.00. The van der Waals surface area contributed by atoms with Gasteiger partial charge in [0.05, 0.1) is 0 Å². The van der Waals surface area contributed by atoms with E-state index in [4.69, 9.17) is 0 Å². The zero-order chi connectivity index (χ0) is 8.06.